The summed E-state index contributed by atoms with van der Waals surface area (Å²) in [4.78, 5) is 16.8. The minimum atomic E-state index is -0.371. The van der Waals surface area contributed by atoms with Crippen LogP contribution >= 0.6 is 0 Å². The van der Waals surface area contributed by atoms with Crippen LogP contribution < -0.4 is 5.32 Å². The smallest absolute Gasteiger partial charge is 0.194 e. The molecule has 0 aliphatic carbocycles. The van der Waals surface area contributed by atoms with Crippen molar-refractivity contribution < 1.29 is 19.4 Å². The molecule has 4 saturated heterocycles. The number of nitrogens with one attached hydrogen (secondary N) is 1. The van der Waals surface area contributed by atoms with Gasteiger partial charge in [-0.2, -0.15) is 0 Å². The predicted octanol–water partition coefficient (Wildman–Crippen LogP) is 6.07. The first-order chi connectivity index (χ1) is 18.4. The summed E-state index contributed by atoms with van der Waals surface area (Å²) in [5.74, 6) is 0.161. The van der Waals surface area contributed by atoms with Gasteiger partial charge in [-0.05, 0) is 111 Å². The SMILES string of the molecule is Cc1c(F)cccc1-c1c(O)c([C@@H]2CCCNC2)cc([C@H]2CC3CCN2CC3)c1C(=O)c1cccc(O)c1. The Morgan fingerprint density at radius 2 is 1.82 bits per heavy atom. The normalized spacial score (nSPS) is 24.9. The van der Waals surface area contributed by atoms with Crippen molar-refractivity contribution in [1.82, 2.24) is 10.2 Å². The molecule has 0 saturated carbocycles. The molecule has 38 heavy (non-hydrogen) atoms. The lowest BCUT2D eigenvalue weighted by molar-refractivity contribution is 0.0484. The minimum Gasteiger partial charge on any atom is -0.508 e. The second kappa shape index (κ2) is 10.2. The highest BCUT2D eigenvalue weighted by atomic mass is 19.1. The van der Waals surface area contributed by atoms with Gasteiger partial charge >= 0.3 is 0 Å². The lowest BCUT2D eigenvalue weighted by Crippen LogP contribution is -2.44. The molecule has 3 aromatic rings. The van der Waals surface area contributed by atoms with E-state index < -0.39 is 0 Å². The van der Waals surface area contributed by atoms with E-state index in [1.54, 1.807) is 31.2 Å². The van der Waals surface area contributed by atoms with Crippen molar-refractivity contribution >= 4 is 5.78 Å². The summed E-state index contributed by atoms with van der Waals surface area (Å²) in [6, 6.07) is 13.3. The Labute approximate surface area is 223 Å². The largest absolute Gasteiger partial charge is 0.508 e. The molecule has 198 valence electrons. The summed E-state index contributed by atoms with van der Waals surface area (Å²) >= 11 is 0. The number of carbonyl (C=O) groups is 1. The van der Waals surface area contributed by atoms with Gasteiger partial charge in [-0.15, -0.1) is 0 Å². The van der Waals surface area contributed by atoms with E-state index >= 15 is 0 Å². The summed E-state index contributed by atoms with van der Waals surface area (Å²) in [7, 11) is 0. The average Bonchev–Trinajstić information content (AvgIpc) is 2.95. The van der Waals surface area contributed by atoms with Gasteiger partial charge in [-0.3, -0.25) is 9.69 Å². The highest BCUT2D eigenvalue weighted by molar-refractivity contribution is 6.15. The molecule has 6 heteroatoms. The van der Waals surface area contributed by atoms with Gasteiger partial charge < -0.3 is 15.5 Å². The Bertz CT molecular complexity index is 1370. The zero-order chi connectivity index (χ0) is 26.4. The summed E-state index contributed by atoms with van der Waals surface area (Å²) in [6.45, 7) is 5.39. The number of hydrogen-bond donors (Lipinski definition) is 3. The van der Waals surface area contributed by atoms with Gasteiger partial charge in [0, 0.05) is 35.2 Å². The quantitative estimate of drug-likeness (QED) is 0.361. The first-order valence-corrected chi connectivity index (χ1v) is 13.9. The first-order valence-electron chi connectivity index (χ1n) is 13.9. The maximum atomic E-state index is 14.9. The van der Waals surface area contributed by atoms with Crippen molar-refractivity contribution in [2.45, 2.75) is 51.0 Å². The van der Waals surface area contributed by atoms with Crippen LogP contribution in [0.25, 0.3) is 11.1 Å². The van der Waals surface area contributed by atoms with Gasteiger partial charge in [0.2, 0.25) is 0 Å². The molecule has 4 fully saturated rings. The molecule has 3 aromatic carbocycles. The number of piperidine rings is 4. The third-order valence-electron chi connectivity index (χ3n) is 8.97. The van der Waals surface area contributed by atoms with Crippen molar-refractivity contribution in [3.63, 3.8) is 0 Å². The Balaban J connectivity index is 1.65. The van der Waals surface area contributed by atoms with Gasteiger partial charge in [0.1, 0.15) is 17.3 Å². The van der Waals surface area contributed by atoms with E-state index in [0.717, 1.165) is 56.6 Å². The van der Waals surface area contributed by atoms with Crippen LogP contribution in [0.4, 0.5) is 4.39 Å². The Morgan fingerprint density at radius 1 is 1.03 bits per heavy atom. The Kier molecular flexibility index (Phi) is 6.70. The molecule has 7 rings (SSSR count). The second-order valence-corrected chi connectivity index (χ2v) is 11.2. The molecule has 4 aliphatic heterocycles. The highest BCUT2D eigenvalue weighted by Gasteiger charge is 2.39. The molecule has 0 aromatic heterocycles. The van der Waals surface area contributed by atoms with E-state index in [1.165, 1.54) is 31.0 Å². The second-order valence-electron chi connectivity index (χ2n) is 11.2. The van der Waals surface area contributed by atoms with E-state index in [-0.39, 0.29) is 35.1 Å². The summed E-state index contributed by atoms with van der Waals surface area (Å²) in [5, 5.41) is 25.6. The Hall–Kier alpha value is -3.22. The molecule has 4 heterocycles. The molecule has 2 atom stereocenters. The van der Waals surface area contributed by atoms with Gasteiger partial charge in [-0.25, -0.2) is 4.39 Å². The fourth-order valence-electron chi connectivity index (χ4n) is 6.87. The van der Waals surface area contributed by atoms with Crippen molar-refractivity contribution in [1.29, 1.82) is 0 Å². The third-order valence-corrected chi connectivity index (χ3v) is 8.97. The molecule has 2 bridgehead atoms. The maximum absolute atomic E-state index is 14.9. The number of ketones is 1. The van der Waals surface area contributed by atoms with E-state index in [9.17, 15) is 19.4 Å². The molecular weight excluding hydrogens is 479 g/mol. The average molecular weight is 515 g/mol. The minimum absolute atomic E-state index is 0.00971. The van der Waals surface area contributed by atoms with Crippen molar-refractivity contribution in [2.75, 3.05) is 26.2 Å². The molecule has 0 radical (unpaired) electrons. The number of aromatic hydroxyl groups is 2. The van der Waals surface area contributed by atoms with E-state index in [0.29, 0.717) is 33.7 Å². The molecule has 0 unspecified atom stereocenters. The predicted molar refractivity (Wildman–Crippen MR) is 146 cm³/mol. The zero-order valence-electron chi connectivity index (χ0n) is 21.8. The number of benzene rings is 3. The van der Waals surface area contributed by atoms with Crippen LogP contribution in [0.3, 0.4) is 0 Å². The molecule has 0 spiro atoms. The van der Waals surface area contributed by atoms with Gasteiger partial charge in [-0.1, -0.05) is 24.3 Å². The highest BCUT2D eigenvalue weighted by Crippen LogP contribution is 2.49. The third kappa shape index (κ3) is 4.40. The summed E-state index contributed by atoms with van der Waals surface area (Å²) in [6.07, 6.45) is 5.25. The van der Waals surface area contributed by atoms with E-state index in [1.807, 2.05) is 0 Å². The molecule has 3 N–H and O–H groups in total. The fourth-order valence-corrected chi connectivity index (χ4v) is 6.87. The zero-order valence-corrected chi connectivity index (χ0v) is 21.8. The van der Waals surface area contributed by atoms with Crippen molar-refractivity contribution in [2.24, 2.45) is 5.92 Å². The number of hydrogen-bond acceptors (Lipinski definition) is 5. The maximum Gasteiger partial charge on any atom is 0.194 e. The molecule has 5 nitrogen and oxygen atoms in total. The standard InChI is InChI=1S/C32H35FN2O3/c1-19-24(8-3-9-27(19)33)29-30(31(37)21-5-2-7-23(36)16-21)26(28-15-20-10-13-35(28)14-11-20)17-25(32(29)38)22-6-4-12-34-18-22/h2-3,5,7-9,16-17,20,22,28,34,36,38H,4,6,10-15,18H2,1H3/t22-,28-/m1/s1. The first kappa shape index (κ1) is 25.1. The number of nitrogens with zero attached hydrogens (tertiary/aromatic N) is 1. The summed E-state index contributed by atoms with van der Waals surface area (Å²) < 4.78 is 14.9. The van der Waals surface area contributed by atoms with Gasteiger partial charge in [0.25, 0.3) is 0 Å². The number of rotatable bonds is 5. The lowest BCUT2D eigenvalue weighted by Gasteiger charge is -2.46. The number of carbonyl (C=O) groups excluding carboxylic acids is 1. The van der Waals surface area contributed by atoms with Crippen LogP contribution in [0, 0.1) is 18.7 Å². The van der Waals surface area contributed by atoms with E-state index in [2.05, 4.69) is 16.3 Å². The molecule has 4 aliphatic rings. The van der Waals surface area contributed by atoms with E-state index in [4.69, 9.17) is 0 Å². The number of phenols is 2. The summed E-state index contributed by atoms with van der Waals surface area (Å²) in [5.41, 5.74) is 3.88. The van der Waals surface area contributed by atoms with Crippen LogP contribution in [0.5, 0.6) is 11.5 Å². The van der Waals surface area contributed by atoms with Gasteiger partial charge in [0.15, 0.2) is 5.78 Å². The van der Waals surface area contributed by atoms with Crippen LogP contribution in [0.1, 0.15) is 76.7 Å². The van der Waals surface area contributed by atoms with Crippen LogP contribution in [0.15, 0.2) is 48.5 Å². The monoisotopic (exact) mass is 514 g/mol. The topological polar surface area (TPSA) is 72.8 Å². The number of halogens is 1. The number of fused-ring (bicyclic) bond motifs is 3. The molecular formula is C32H35FN2O3. The lowest BCUT2D eigenvalue weighted by atomic mass is 9.75. The molecule has 0 amide bonds. The number of phenolic OH excluding ortho intramolecular Hbond substituents is 2. The fraction of sp³-hybridized carbons (Fsp3) is 0.406. The van der Waals surface area contributed by atoms with Crippen molar-refractivity contribution in [3.8, 4) is 22.6 Å². The van der Waals surface area contributed by atoms with Crippen LogP contribution in [0.2, 0.25) is 0 Å². The Morgan fingerprint density at radius 3 is 2.50 bits per heavy atom. The van der Waals surface area contributed by atoms with Crippen LogP contribution in [-0.2, 0) is 0 Å². The van der Waals surface area contributed by atoms with Crippen molar-refractivity contribution in [3.05, 3.63) is 82.2 Å². The van der Waals surface area contributed by atoms with Crippen LogP contribution in [-0.4, -0.2) is 47.1 Å². The van der Waals surface area contributed by atoms with Gasteiger partial charge in [0.05, 0.1) is 0 Å².